The summed E-state index contributed by atoms with van der Waals surface area (Å²) in [6.45, 7) is 4.48. The van der Waals surface area contributed by atoms with Gasteiger partial charge in [0.25, 0.3) is 0 Å². The highest BCUT2D eigenvalue weighted by Crippen LogP contribution is 2.28. The zero-order valence-electron chi connectivity index (χ0n) is 13.3. The highest BCUT2D eigenvalue weighted by Gasteiger charge is 2.27. The van der Waals surface area contributed by atoms with E-state index in [0.29, 0.717) is 19.2 Å². The normalized spacial score (nSPS) is 27.3. The third-order valence-corrected chi connectivity index (χ3v) is 5.37. The van der Waals surface area contributed by atoms with Gasteiger partial charge in [-0.25, -0.2) is 0 Å². The maximum absolute atomic E-state index is 9.94. The van der Waals surface area contributed by atoms with Gasteiger partial charge < -0.3 is 20.1 Å². The van der Waals surface area contributed by atoms with Gasteiger partial charge in [0, 0.05) is 25.2 Å². The second-order valence-electron chi connectivity index (χ2n) is 7.29. The van der Waals surface area contributed by atoms with E-state index in [1.54, 1.807) is 0 Å². The van der Waals surface area contributed by atoms with E-state index in [2.05, 4.69) is 10.2 Å². The van der Waals surface area contributed by atoms with Gasteiger partial charge in [0.1, 0.15) is 0 Å². The van der Waals surface area contributed by atoms with Crippen LogP contribution >= 0.6 is 0 Å². The number of nitrogens with zero attached hydrogens (tertiary/aromatic N) is 1. The Balaban J connectivity index is 1.24. The van der Waals surface area contributed by atoms with E-state index < -0.39 is 0 Å². The Morgan fingerprint density at radius 3 is 2.43 bits per heavy atom. The number of piperidine rings is 1. The molecule has 2 N–H and O–H groups in total. The van der Waals surface area contributed by atoms with E-state index in [0.717, 1.165) is 18.6 Å². The van der Waals surface area contributed by atoms with Crippen LogP contribution in [0, 0.1) is 5.92 Å². The Hall–Kier alpha value is -0.160. The summed E-state index contributed by atoms with van der Waals surface area (Å²) in [4.78, 5) is 2.69. The van der Waals surface area contributed by atoms with Crippen molar-refractivity contribution in [2.24, 2.45) is 5.92 Å². The maximum Gasteiger partial charge on any atom is 0.0897 e. The van der Waals surface area contributed by atoms with Gasteiger partial charge in [0.05, 0.1) is 12.7 Å². The first-order valence-corrected chi connectivity index (χ1v) is 9.04. The Morgan fingerprint density at radius 1 is 1.05 bits per heavy atom. The summed E-state index contributed by atoms with van der Waals surface area (Å²) >= 11 is 0. The molecule has 0 aromatic carbocycles. The maximum atomic E-state index is 9.94. The molecule has 122 valence electrons. The first-order chi connectivity index (χ1) is 10.3. The molecule has 21 heavy (non-hydrogen) atoms. The highest BCUT2D eigenvalue weighted by molar-refractivity contribution is 4.84. The molecule has 0 aromatic heterocycles. The van der Waals surface area contributed by atoms with Crippen LogP contribution in [0.2, 0.25) is 0 Å². The molecule has 0 bridgehead atoms. The number of hydrogen-bond acceptors (Lipinski definition) is 4. The third kappa shape index (κ3) is 5.20. The SMILES string of the molecule is OC(CNC1CCN(C2CCCC2)CC1)COCC1CC1. The van der Waals surface area contributed by atoms with E-state index in [-0.39, 0.29) is 6.10 Å². The van der Waals surface area contributed by atoms with Crippen molar-refractivity contribution in [2.45, 2.75) is 69.6 Å². The van der Waals surface area contributed by atoms with Gasteiger partial charge >= 0.3 is 0 Å². The van der Waals surface area contributed by atoms with Crippen molar-refractivity contribution >= 4 is 0 Å². The smallest absolute Gasteiger partial charge is 0.0897 e. The van der Waals surface area contributed by atoms with Crippen LogP contribution in [0.5, 0.6) is 0 Å². The van der Waals surface area contributed by atoms with Crippen LogP contribution in [-0.4, -0.2) is 61.0 Å². The van der Waals surface area contributed by atoms with Crippen molar-refractivity contribution in [1.82, 2.24) is 10.2 Å². The Morgan fingerprint density at radius 2 is 1.76 bits per heavy atom. The molecule has 4 nitrogen and oxygen atoms in total. The molecule has 2 saturated carbocycles. The second kappa shape index (κ2) is 7.91. The van der Waals surface area contributed by atoms with Gasteiger partial charge in [-0.05, 0) is 57.5 Å². The lowest BCUT2D eigenvalue weighted by molar-refractivity contribution is 0.0294. The molecule has 0 spiro atoms. The minimum atomic E-state index is -0.350. The lowest BCUT2D eigenvalue weighted by atomic mass is 10.0. The summed E-state index contributed by atoms with van der Waals surface area (Å²) in [5, 5.41) is 13.5. The predicted octanol–water partition coefficient (Wildman–Crippen LogP) is 1.77. The van der Waals surface area contributed by atoms with Crippen molar-refractivity contribution in [3.05, 3.63) is 0 Å². The first kappa shape index (κ1) is 15.7. The fraction of sp³-hybridized carbons (Fsp3) is 1.00. The van der Waals surface area contributed by atoms with Crippen LogP contribution in [0.4, 0.5) is 0 Å². The van der Waals surface area contributed by atoms with Crippen LogP contribution in [0.15, 0.2) is 0 Å². The summed E-state index contributed by atoms with van der Waals surface area (Å²) < 4.78 is 5.55. The average molecular weight is 296 g/mol. The second-order valence-corrected chi connectivity index (χ2v) is 7.29. The third-order valence-electron chi connectivity index (χ3n) is 5.37. The van der Waals surface area contributed by atoms with E-state index in [1.165, 1.54) is 64.5 Å². The van der Waals surface area contributed by atoms with Crippen LogP contribution in [0.1, 0.15) is 51.4 Å². The molecule has 4 heteroatoms. The van der Waals surface area contributed by atoms with Crippen LogP contribution in [0.3, 0.4) is 0 Å². The van der Waals surface area contributed by atoms with Gasteiger partial charge in [0.2, 0.25) is 0 Å². The van der Waals surface area contributed by atoms with Crippen molar-refractivity contribution < 1.29 is 9.84 Å². The van der Waals surface area contributed by atoms with E-state index in [1.807, 2.05) is 0 Å². The molecule has 3 fully saturated rings. The number of ether oxygens (including phenoxy) is 1. The number of rotatable bonds is 8. The number of nitrogens with one attached hydrogen (secondary N) is 1. The van der Waals surface area contributed by atoms with Gasteiger partial charge in [-0.2, -0.15) is 0 Å². The van der Waals surface area contributed by atoms with Crippen LogP contribution < -0.4 is 5.32 Å². The van der Waals surface area contributed by atoms with Gasteiger partial charge in [0.15, 0.2) is 0 Å². The Kier molecular flexibility index (Phi) is 5.92. The van der Waals surface area contributed by atoms with Gasteiger partial charge in [-0.3, -0.25) is 0 Å². The molecule has 1 aliphatic heterocycles. The highest BCUT2D eigenvalue weighted by atomic mass is 16.5. The van der Waals surface area contributed by atoms with Crippen LogP contribution in [0.25, 0.3) is 0 Å². The summed E-state index contributed by atoms with van der Waals surface area (Å²) in [5.74, 6) is 0.782. The molecule has 0 aromatic rings. The zero-order chi connectivity index (χ0) is 14.5. The molecule has 0 amide bonds. The van der Waals surface area contributed by atoms with Crippen molar-refractivity contribution in [3.63, 3.8) is 0 Å². The lowest BCUT2D eigenvalue weighted by Gasteiger charge is -2.36. The molecular formula is C17H32N2O2. The van der Waals surface area contributed by atoms with Crippen molar-refractivity contribution in [3.8, 4) is 0 Å². The molecule has 1 unspecified atom stereocenters. The zero-order valence-corrected chi connectivity index (χ0v) is 13.3. The van der Waals surface area contributed by atoms with Crippen LogP contribution in [-0.2, 0) is 4.74 Å². The van der Waals surface area contributed by atoms with Gasteiger partial charge in [-0.15, -0.1) is 0 Å². The Labute approximate surface area is 129 Å². The number of likely N-dealkylation sites (tertiary alicyclic amines) is 1. The lowest BCUT2D eigenvalue weighted by Crippen LogP contribution is -2.47. The van der Waals surface area contributed by atoms with Gasteiger partial charge in [-0.1, -0.05) is 12.8 Å². The predicted molar refractivity (Wildman–Crippen MR) is 84.4 cm³/mol. The number of aliphatic hydroxyl groups excluding tert-OH is 1. The molecule has 1 saturated heterocycles. The largest absolute Gasteiger partial charge is 0.389 e. The molecule has 1 atom stereocenters. The molecule has 1 heterocycles. The number of hydrogen-bond donors (Lipinski definition) is 2. The molecule has 2 aliphatic carbocycles. The number of aliphatic hydroxyl groups is 1. The topological polar surface area (TPSA) is 44.7 Å². The van der Waals surface area contributed by atoms with Crippen molar-refractivity contribution in [2.75, 3.05) is 32.8 Å². The summed E-state index contributed by atoms with van der Waals surface area (Å²) in [5.41, 5.74) is 0. The minimum Gasteiger partial charge on any atom is -0.389 e. The molecule has 3 rings (SSSR count). The summed E-state index contributed by atoms with van der Waals surface area (Å²) in [6.07, 6.45) is 10.4. The van der Waals surface area contributed by atoms with Crippen molar-refractivity contribution in [1.29, 1.82) is 0 Å². The van der Waals surface area contributed by atoms with E-state index in [9.17, 15) is 5.11 Å². The molecule has 3 aliphatic rings. The monoisotopic (exact) mass is 296 g/mol. The van der Waals surface area contributed by atoms with E-state index >= 15 is 0 Å². The minimum absolute atomic E-state index is 0.350. The summed E-state index contributed by atoms with van der Waals surface area (Å²) in [6, 6.07) is 1.45. The fourth-order valence-electron chi connectivity index (χ4n) is 3.76. The quantitative estimate of drug-likeness (QED) is 0.716. The molecular weight excluding hydrogens is 264 g/mol. The summed E-state index contributed by atoms with van der Waals surface area (Å²) in [7, 11) is 0. The Bertz CT molecular complexity index is 295. The average Bonchev–Trinajstić information content (AvgIpc) is 3.16. The molecule has 0 radical (unpaired) electrons. The first-order valence-electron chi connectivity index (χ1n) is 9.04. The fourth-order valence-corrected chi connectivity index (χ4v) is 3.76. The standard InChI is InChI=1S/C17H32N2O2/c20-17(13-21-12-14-5-6-14)11-18-15-7-9-19(10-8-15)16-3-1-2-4-16/h14-18,20H,1-13H2. The van der Waals surface area contributed by atoms with E-state index in [4.69, 9.17) is 4.74 Å².